The summed E-state index contributed by atoms with van der Waals surface area (Å²) >= 11 is 1.80. The Labute approximate surface area is 120 Å². The van der Waals surface area contributed by atoms with Gasteiger partial charge in [-0.1, -0.05) is 0 Å². The molecule has 1 aliphatic rings. The van der Waals surface area contributed by atoms with Gasteiger partial charge in [0.05, 0.1) is 6.54 Å². The Kier molecular flexibility index (Phi) is 7.70. The lowest BCUT2D eigenvalue weighted by Crippen LogP contribution is -2.47. The van der Waals surface area contributed by atoms with Crippen molar-refractivity contribution in [3.8, 4) is 0 Å². The number of nitrogens with one attached hydrogen (secondary N) is 1. The lowest BCUT2D eigenvalue weighted by atomic mass is 9.95. The summed E-state index contributed by atoms with van der Waals surface area (Å²) in [5.41, 5.74) is 5.30. The van der Waals surface area contributed by atoms with Crippen molar-refractivity contribution in [3.05, 3.63) is 0 Å². The van der Waals surface area contributed by atoms with Crippen molar-refractivity contribution < 1.29 is 4.79 Å². The lowest BCUT2D eigenvalue weighted by molar-refractivity contribution is -0.119. The highest BCUT2D eigenvalue weighted by Crippen LogP contribution is 2.19. The van der Waals surface area contributed by atoms with Crippen molar-refractivity contribution in [3.63, 3.8) is 0 Å². The lowest BCUT2D eigenvalue weighted by Gasteiger charge is -2.34. The summed E-state index contributed by atoms with van der Waals surface area (Å²) in [6, 6.07) is 0. The van der Waals surface area contributed by atoms with Gasteiger partial charge in [-0.25, -0.2) is 0 Å². The van der Waals surface area contributed by atoms with Crippen LogP contribution in [0.2, 0.25) is 0 Å². The van der Waals surface area contributed by atoms with Gasteiger partial charge in [-0.15, -0.1) is 0 Å². The number of nitrogens with two attached hydrogens (primary N) is 1. The van der Waals surface area contributed by atoms with Gasteiger partial charge < -0.3 is 16.0 Å². The summed E-state index contributed by atoms with van der Waals surface area (Å²) in [5, 5.41) is 3.34. The fourth-order valence-electron chi connectivity index (χ4n) is 2.38. The zero-order chi connectivity index (χ0) is 14.1. The van der Waals surface area contributed by atoms with Crippen LogP contribution in [-0.2, 0) is 4.79 Å². The van der Waals surface area contributed by atoms with Gasteiger partial charge in [0.2, 0.25) is 5.91 Å². The third-order valence-corrected chi connectivity index (χ3v) is 3.79. The van der Waals surface area contributed by atoms with Crippen molar-refractivity contribution in [2.75, 3.05) is 38.2 Å². The van der Waals surface area contributed by atoms with Gasteiger partial charge >= 0.3 is 0 Å². The summed E-state index contributed by atoms with van der Waals surface area (Å²) in [4.78, 5) is 17.9. The van der Waals surface area contributed by atoms with Crippen LogP contribution in [0.15, 0.2) is 4.99 Å². The van der Waals surface area contributed by atoms with E-state index in [-0.39, 0.29) is 5.91 Å². The summed E-state index contributed by atoms with van der Waals surface area (Å²) in [7, 11) is 0. The molecular formula is C13H26N4OS. The Balaban J connectivity index is 2.56. The Hall–Kier alpha value is -0.910. The summed E-state index contributed by atoms with van der Waals surface area (Å²) in [5.74, 6) is 2.19. The molecule has 0 aliphatic carbocycles. The molecular weight excluding hydrogens is 260 g/mol. The van der Waals surface area contributed by atoms with Crippen LogP contribution in [0.1, 0.15) is 26.2 Å². The Morgan fingerprint density at radius 1 is 1.58 bits per heavy atom. The van der Waals surface area contributed by atoms with E-state index in [0.29, 0.717) is 12.3 Å². The molecule has 1 fully saturated rings. The summed E-state index contributed by atoms with van der Waals surface area (Å²) < 4.78 is 0. The minimum Gasteiger partial charge on any atom is -0.370 e. The van der Waals surface area contributed by atoms with Gasteiger partial charge in [0.25, 0.3) is 0 Å². The van der Waals surface area contributed by atoms with Gasteiger partial charge in [0.1, 0.15) is 0 Å². The molecule has 0 aromatic carbocycles. The van der Waals surface area contributed by atoms with Crippen LogP contribution in [0, 0.1) is 5.92 Å². The predicted molar refractivity (Wildman–Crippen MR) is 82.5 cm³/mol. The second-order valence-electron chi connectivity index (χ2n) is 4.85. The molecule has 1 heterocycles. The molecule has 1 atom stereocenters. The van der Waals surface area contributed by atoms with E-state index in [1.807, 2.05) is 0 Å². The maximum atomic E-state index is 11.0. The van der Waals surface area contributed by atoms with Crippen LogP contribution in [0.25, 0.3) is 0 Å². The van der Waals surface area contributed by atoms with Crippen LogP contribution in [0.3, 0.4) is 0 Å². The van der Waals surface area contributed by atoms with E-state index in [1.165, 1.54) is 0 Å². The Morgan fingerprint density at radius 3 is 3.00 bits per heavy atom. The zero-order valence-electron chi connectivity index (χ0n) is 12.0. The van der Waals surface area contributed by atoms with Crippen molar-refractivity contribution >= 4 is 23.6 Å². The number of thioether (sulfide) groups is 1. The number of rotatable bonds is 6. The molecule has 1 aliphatic heterocycles. The first-order valence-corrected chi connectivity index (χ1v) is 8.37. The molecule has 19 heavy (non-hydrogen) atoms. The number of nitrogens with zero attached hydrogens (tertiary/aromatic N) is 2. The van der Waals surface area contributed by atoms with E-state index in [2.05, 4.69) is 28.4 Å². The summed E-state index contributed by atoms with van der Waals surface area (Å²) in [6.45, 7) is 5.68. The molecule has 1 rings (SSSR count). The number of guanidine groups is 1. The van der Waals surface area contributed by atoms with Crippen LogP contribution < -0.4 is 11.1 Å². The first-order valence-electron chi connectivity index (χ1n) is 6.97. The first-order chi connectivity index (χ1) is 9.17. The van der Waals surface area contributed by atoms with Crippen LogP contribution in [0.4, 0.5) is 0 Å². The fourth-order valence-corrected chi connectivity index (χ4v) is 2.65. The average molecular weight is 286 g/mol. The van der Waals surface area contributed by atoms with Gasteiger partial charge in [-0.2, -0.15) is 11.8 Å². The quantitative estimate of drug-likeness (QED) is 0.432. The van der Waals surface area contributed by atoms with E-state index in [0.717, 1.165) is 50.7 Å². The van der Waals surface area contributed by atoms with Gasteiger partial charge in [-0.05, 0) is 31.9 Å². The SMILES string of the molecule is CCNC(=NCCSC)N1CCCC(CC(N)=O)C1. The van der Waals surface area contributed by atoms with Crippen molar-refractivity contribution in [1.29, 1.82) is 0 Å². The highest BCUT2D eigenvalue weighted by atomic mass is 32.2. The highest BCUT2D eigenvalue weighted by Gasteiger charge is 2.23. The number of hydrogen-bond donors (Lipinski definition) is 2. The van der Waals surface area contributed by atoms with E-state index in [4.69, 9.17) is 5.73 Å². The Bertz CT molecular complexity index is 309. The minimum atomic E-state index is -0.198. The molecule has 0 saturated carbocycles. The molecule has 6 heteroatoms. The van der Waals surface area contributed by atoms with E-state index < -0.39 is 0 Å². The van der Waals surface area contributed by atoms with Crippen molar-refractivity contribution in [2.24, 2.45) is 16.6 Å². The number of likely N-dealkylation sites (tertiary alicyclic amines) is 1. The molecule has 110 valence electrons. The van der Waals surface area contributed by atoms with Gasteiger partial charge in [0.15, 0.2) is 5.96 Å². The molecule has 5 nitrogen and oxygen atoms in total. The van der Waals surface area contributed by atoms with E-state index in [9.17, 15) is 4.79 Å². The number of primary amides is 1. The minimum absolute atomic E-state index is 0.198. The van der Waals surface area contributed by atoms with Crippen LogP contribution in [-0.4, -0.2) is 55.0 Å². The largest absolute Gasteiger partial charge is 0.370 e. The molecule has 1 saturated heterocycles. The molecule has 1 unspecified atom stereocenters. The molecule has 0 radical (unpaired) electrons. The first kappa shape index (κ1) is 16.1. The van der Waals surface area contributed by atoms with Crippen LogP contribution >= 0.6 is 11.8 Å². The maximum Gasteiger partial charge on any atom is 0.217 e. The molecule has 0 aromatic heterocycles. The van der Waals surface area contributed by atoms with Gasteiger partial charge in [-0.3, -0.25) is 9.79 Å². The fraction of sp³-hybridized carbons (Fsp3) is 0.846. The number of hydrogen-bond acceptors (Lipinski definition) is 3. The Morgan fingerprint density at radius 2 is 2.37 bits per heavy atom. The molecule has 0 spiro atoms. The maximum absolute atomic E-state index is 11.0. The number of amides is 1. The van der Waals surface area contributed by atoms with Crippen molar-refractivity contribution in [1.82, 2.24) is 10.2 Å². The highest BCUT2D eigenvalue weighted by molar-refractivity contribution is 7.98. The van der Waals surface area contributed by atoms with Crippen LogP contribution in [0.5, 0.6) is 0 Å². The zero-order valence-corrected chi connectivity index (χ0v) is 12.8. The molecule has 0 bridgehead atoms. The number of aliphatic imine (C=N–C) groups is 1. The smallest absolute Gasteiger partial charge is 0.217 e. The van der Waals surface area contributed by atoms with E-state index in [1.54, 1.807) is 11.8 Å². The third-order valence-electron chi connectivity index (χ3n) is 3.20. The molecule has 0 aromatic rings. The third kappa shape index (κ3) is 6.18. The van der Waals surface area contributed by atoms with E-state index >= 15 is 0 Å². The standard InChI is InChI=1S/C13H26N4OS/c1-3-15-13(16-6-8-19-2)17-7-4-5-11(10-17)9-12(14)18/h11H,3-10H2,1-2H3,(H2,14,18)(H,15,16). The topological polar surface area (TPSA) is 70.7 Å². The predicted octanol–water partition coefficient (Wildman–Crippen LogP) is 0.902. The summed E-state index contributed by atoms with van der Waals surface area (Å²) in [6.07, 6.45) is 4.77. The molecule has 1 amide bonds. The number of piperidine rings is 1. The van der Waals surface area contributed by atoms with Crippen molar-refractivity contribution in [2.45, 2.75) is 26.2 Å². The monoisotopic (exact) mass is 286 g/mol. The number of carbonyl (C=O) groups is 1. The second-order valence-corrected chi connectivity index (χ2v) is 5.84. The normalized spacial score (nSPS) is 20.4. The average Bonchev–Trinajstić information content (AvgIpc) is 2.37. The second kappa shape index (κ2) is 9.07. The van der Waals surface area contributed by atoms with Gasteiger partial charge in [0, 0.05) is 31.8 Å². The number of carbonyl (C=O) groups excluding carboxylic acids is 1. The molecule has 3 N–H and O–H groups in total.